The molecule has 192 valence electrons. The van der Waals surface area contributed by atoms with Crippen LogP contribution in [0.25, 0.3) is 0 Å². The molecule has 4 aliphatic rings. The summed E-state index contributed by atoms with van der Waals surface area (Å²) in [6, 6.07) is 0. The van der Waals surface area contributed by atoms with E-state index in [0.29, 0.717) is 35.0 Å². The highest BCUT2D eigenvalue weighted by Gasteiger charge is 2.45. The number of rotatable bonds is 7. The molecule has 1 aliphatic heterocycles. The largest absolute Gasteiger partial charge is 0.393 e. The zero-order valence-electron chi connectivity index (χ0n) is 21.9. The van der Waals surface area contributed by atoms with Crippen LogP contribution in [0.3, 0.4) is 0 Å². The van der Waals surface area contributed by atoms with Gasteiger partial charge in [-0.25, -0.2) is 0 Å². The van der Waals surface area contributed by atoms with Crippen molar-refractivity contribution in [3.8, 4) is 0 Å². The first-order valence-corrected chi connectivity index (χ1v) is 16.6. The summed E-state index contributed by atoms with van der Waals surface area (Å²) in [5.74, 6) is 7.55. The van der Waals surface area contributed by atoms with Crippen LogP contribution in [0.4, 0.5) is 0 Å². The van der Waals surface area contributed by atoms with Crippen LogP contribution >= 0.6 is 34.4 Å². The summed E-state index contributed by atoms with van der Waals surface area (Å²) >= 11 is 4.82. The number of hydrogen-bond donors (Lipinski definition) is 1. The van der Waals surface area contributed by atoms with E-state index >= 15 is 0 Å². The second-order valence-corrected chi connectivity index (χ2v) is 15.9. The van der Waals surface area contributed by atoms with Crippen LogP contribution in [0.1, 0.15) is 92.4 Å². The third kappa shape index (κ3) is 6.86. The standard InChI is InChI=1S/C29H51IO2S/c1-17-7-6-8-22(11-17)15-32-29-19(3)13-25(16-33-21(29)5)28(31)20(4)24-12-18(2)27(23-9-10-23)26(30)14-24/h17-29,31H,6-16H2,1-5H3. The van der Waals surface area contributed by atoms with E-state index < -0.39 is 0 Å². The molecule has 0 bridgehead atoms. The maximum atomic E-state index is 11.6. The van der Waals surface area contributed by atoms with Crippen LogP contribution in [0, 0.1) is 53.3 Å². The molecule has 4 heteroatoms. The number of aliphatic hydroxyl groups excluding tert-OH is 1. The van der Waals surface area contributed by atoms with Gasteiger partial charge >= 0.3 is 0 Å². The Hall–Kier alpha value is 1.00. The zero-order valence-corrected chi connectivity index (χ0v) is 24.9. The van der Waals surface area contributed by atoms with Crippen molar-refractivity contribution in [3.05, 3.63) is 0 Å². The van der Waals surface area contributed by atoms with Gasteiger partial charge in [-0.15, -0.1) is 0 Å². The van der Waals surface area contributed by atoms with E-state index in [4.69, 9.17) is 4.74 Å². The molecule has 0 radical (unpaired) electrons. The average molecular weight is 591 g/mol. The van der Waals surface area contributed by atoms with Crippen LogP contribution in [0.15, 0.2) is 0 Å². The van der Waals surface area contributed by atoms with E-state index in [0.717, 1.165) is 52.3 Å². The molecule has 1 saturated heterocycles. The lowest BCUT2D eigenvalue weighted by Gasteiger charge is -2.43. The van der Waals surface area contributed by atoms with Gasteiger partial charge in [-0.1, -0.05) is 70.1 Å². The molecule has 0 aromatic carbocycles. The number of aliphatic hydroxyl groups is 1. The Bertz CT molecular complexity index is 600. The van der Waals surface area contributed by atoms with Gasteiger partial charge in [-0.3, -0.25) is 0 Å². The van der Waals surface area contributed by atoms with Gasteiger partial charge in [0, 0.05) is 15.8 Å². The molecule has 0 spiro atoms. The summed E-state index contributed by atoms with van der Waals surface area (Å²) in [5, 5.41) is 12.1. The number of hydrogen-bond acceptors (Lipinski definition) is 3. The van der Waals surface area contributed by atoms with Crippen molar-refractivity contribution in [2.75, 3.05) is 12.4 Å². The minimum absolute atomic E-state index is 0.164. The SMILES string of the molecule is CC1CCCC(COC2C(C)CC(C(O)C(C)C3CC(C)C(C4CC4)C(I)C3)CSC2C)C1. The van der Waals surface area contributed by atoms with Gasteiger partial charge in [0.05, 0.1) is 12.2 Å². The molecule has 12 atom stereocenters. The summed E-state index contributed by atoms with van der Waals surface area (Å²) in [4.78, 5) is 0. The van der Waals surface area contributed by atoms with Crippen LogP contribution in [-0.2, 0) is 4.74 Å². The maximum Gasteiger partial charge on any atom is 0.0716 e. The smallest absolute Gasteiger partial charge is 0.0716 e. The van der Waals surface area contributed by atoms with Crippen LogP contribution in [0.5, 0.6) is 0 Å². The molecule has 1 N–H and O–H groups in total. The molecule has 3 saturated carbocycles. The van der Waals surface area contributed by atoms with Crippen molar-refractivity contribution >= 4 is 34.4 Å². The lowest BCUT2D eigenvalue weighted by atomic mass is 9.67. The molecule has 4 rings (SSSR count). The fraction of sp³-hybridized carbons (Fsp3) is 1.00. The number of thioether (sulfide) groups is 1. The van der Waals surface area contributed by atoms with E-state index in [1.807, 2.05) is 0 Å². The third-order valence-corrected chi connectivity index (χ3v) is 12.8. The molecule has 0 aromatic rings. The lowest BCUT2D eigenvalue weighted by Crippen LogP contribution is -2.41. The normalized spacial score (nSPS) is 47.0. The predicted molar refractivity (Wildman–Crippen MR) is 151 cm³/mol. The highest BCUT2D eigenvalue weighted by atomic mass is 127. The van der Waals surface area contributed by atoms with Crippen molar-refractivity contribution in [2.24, 2.45) is 53.3 Å². The Morgan fingerprint density at radius 3 is 2.33 bits per heavy atom. The fourth-order valence-corrected chi connectivity index (χ4v) is 11.3. The predicted octanol–water partition coefficient (Wildman–Crippen LogP) is 7.85. The highest BCUT2D eigenvalue weighted by Crippen LogP contribution is 2.52. The monoisotopic (exact) mass is 590 g/mol. The Morgan fingerprint density at radius 2 is 1.67 bits per heavy atom. The van der Waals surface area contributed by atoms with E-state index in [-0.39, 0.29) is 6.10 Å². The van der Waals surface area contributed by atoms with E-state index in [9.17, 15) is 5.11 Å². The third-order valence-electron chi connectivity index (χ3n) is 10.0. The summed E-state index contributed by atoms with van der Waals surface area (Å²) in [6.07, 6.45) is 12.4. The van der Waals surface area contributed by atoms with Crippen molar-refractivity contribution < 1.29 is 9.84 Å². The Kier molecular flexibility index (Phi) is 9.86. The van der Waals surface area contributed by atoms with Gasteiger partial charge in [0.1, 0.15) is 0 Å². The second kappa shape index (κ2) is 12.0. The van der Waals surface area contributed by atoms with Crippen LogP contribution < -0.4 is 0 Å². The minimum Gasteiger partial charge on any atom is -0.393 e. The summed E-state index contributed by atoms with van der Waals surface area (Å²) in [5.41, 5.74) is 0. The van der Waals surface area contributed by atoms with E-state index in [2.05, 4.69) is 69.0 Å². The van der Waals surface area contributed by atoms with Gasteiger partial charge in [0.2, 0.25) is 0 Å². The Morgan fingerprint density at radius 1 is 0.939 bits per heavy atom. The molecule has 0 amide bonds. The van der Waals surface area contributed by atoms with E-state index in [1.165, 1.54) is 51.4 Å². The first-order valence-electron chi connectivity index (χ1n) is 14.3. The molecule has 4 fully saturated rings. The molecule has 33 heavy (non-hydrogen) atoms. The van der Waals surface area contributed by atoms with Crippen molar-refractivity contribution in [1.82, 2.24) is 0 Å². The van der Waals surface area contributed by atoms with Gasteiger partial charge in [0.15, 0.2) is 0 Å². The number of alkyl halides is 1. The van der Waals surface area contributed by atoms with Gasteiger partial charge < -0.3 is 9.84 Å². The summed E-state index contributed by atoms with van der Waals surface area (Å²) in [6.45, 7) is 13.0. The first-order chi connectivity index (χ1) is 15.7. The van der Waals surface area contributed by atoms with Crippen LogP contribution in [-0.4, -0.2) is 38.8 Å². The Balaban J connectivity index is 1.30. The molecular formula is C29H51IO2S. The van der Waals surface area contributed by atoms with Crippen molar-refractivity contribution in [2.45, 2.75) is 114 Å². The van der Waals surface area contributed by atoms with Crippen molar-refractivity contribution in [1.29, 1.82) is 0 Å². The average Bonchev–Trinajstić information content (AvgIpc) is 3.60. The minimum atomic E-state index is -0.164. The maximum absolute atomic E-state index is 11.6. The summed E-state index contributed by atoms with van der Waals surface area (Å²) < 4.78 is 7.45. The summed E-state index contributed by atoms with van der Waals surface area (Å²) in [7, 11) is 0. The number of ether oxygens (including phenoxy) is 1. The highest BCUT2D eigenvalue weighted by molar-refractivity contribution is 14.1. The lowest BCUT2D eigenvalue weighted by molar-refractivity contribution is -0.0276. The molecular weight excluding hydrogens is 539 g/mol. The number of halogens is 1. The quantitative estimate of drug-likeness (QED) is 0.242. The molecule has 0 aromatic heterocycles. The van der Waals surface area contributed by atoms with Gasteiger partial charge in [-0.2, -0.15) is 11.8 Å². The topological polar surface area (TPSA) is 29.5 Å². The fourth-order valence-electron chi connectivity index (χ4n) is 7.92. The zero-order chi connectivity index (χ0) is 23.7. The Labute approximate surface area is 222 Å². The van der Waals surface area contributed by atoms with Gasteiger partial charge in [0.25, 0.3) is 0 Å². The molecule has 12 unspecified atom stereocenters. The molecule has 1 heterocycles. The second-order valence-electron chi connectivity index (χ2n) is 12.9. The molecule has 2 nitrogen and oxygen atoms in total. The van der Waals surface area contributed by atoms with Gasteiger partial charge in [-0.05, 0) is 104 Å². The van der Waals surface area contributed by atoms with Crippen LogP contribution in [0.2, 0.25) is 0 Å². The first kappa shape index (κ1) is 27.0. The van der Waals surface area contributed by atoms with Crippen molar-refractivity contribution in [3.63, 3.8) is 0 Å². The molecule has 3 aliphatic carbocycles. The van der Waals surface area contributed by atoms with E-state index in [1.54, 1.807) is 0 Å².